The third kappa shape index (κ3) is 3.64. The van der Waals surface area contributed by atoms with Crippen molar-refractivity contribution in [3.63, 3.8) is 0 Å². The number of likely N-dealkylation sites (N-methyl/N-ethyl adjacent to an activating group) is 2. The van der Waals surface area contributed by atoms with Crippen LogP contribution in [0.15, 0.2) is 23.0 Å². The zero-order valence-corrected chi connectivity index (χ0v) is 13.9. The fourth-order valence-corrected chi connectivity index (χ4v) is 3.61. The highest BCUT2D eigenvalue weighted by Gasteiger charge is 2.39. The molecule has 0 aliphatic heterocycles. The van der Waals surface area contributed by atoms with Gasteiger partial charge in [-0.05, 0) is 50.5 Å². The van der Waals surface area contributed by atoms with Gasteiger partial charge >= 0.3 is 0 Å². The van der Waals surface area contributed by atoms with Gasteiger partial charge in [-0.15, -0.1) is 0 Å². The maximum absolute atomic E-state index is 5.25. The number of hydrogen-bond acceptors (Lipinski definition) is 3. The second-order valence-electron chi connectivity index (χ2n) is 5.43. The number of furan rings is 1. The molecule has 3 heteroatoms. The predicted molar refractivity (Wildman–Crippen MR) is 86.1 cm³/mol. The zero-order valence-electron chi connectivity index (χ0n) is 13.9. The van der Waals surface area contributed by atoms with Gasteiger partial charge in [-0.1, -0.05) is 34.6 Å². The highest BCUT2D eigenvalue weighted by Crippen LogP contribution is 2.30. The molecule has 1 N–H and O–H groups in total. The first-order valence-corrected chi connectivity index (χ1v) is 8.17. The molecule has 0 bridgehead atoms. The minimum absolute atomic E-state index is 0.219. The van der Waals surface area contributed by atoms with Gasteiger partial charge in [0, 0.05) is 11.6 Å². The van der Waals surface area contributed by atoms with E-state index >= 15 is 0 Å². The lowest BCUT2D eigenvalue weighted by Gasteiger charge is -2.48. The minimum atomic E-state index is 0.219. The van der Waals surface area contributed by atoms with E-state index in [1.165, 1.54) is 18.4 Å². The maximum Gasteiger partial charge on any atom is 0.0935 e. The number of hydrogen-bond donors (Lipinski definition) is 1. The Hall–Kier alpha value is -0.800. The van der Waals surface area contributed by atoms with Crippen molar-refractivity contribution in [2.75, 3.05) is 19.6 Å². The van der Waals surface area contributed by atoms with E-state index in [1.54, 1.807) is 6.26 Å². The molecule has 0 radical (unpaired) electrons. The molecule has 1 rings (SSSR count). The van der Waals surface area contributed by atoms with Crippen LogP contribution in [-0.2, 0) is 6.42 Å². The normalized spacial score (nSPS) is 13.9. The first-order valence-electron chi connectivity index (χ1n) is 8.17. The van der Waals surface area contributed by atoms with Crippen LogP contribution in [0.2, 0.25) is 0 Å². The van der Waals surface area contributed by atoms with Gasteiger partial charge in [0.1, 0.15) is 0 Å². The Morgan fingerprint density at radius 3 is 2.20 bits per heavy atom. The molecule has 0 amide bonds. The smallest absolute Gasteiger partial charge is 0.0935 e. The van der Waals surface area contributed by atoms with Gasteiger partial charge in [0.05, 0.1) is 12.5 Å². The minimum Gasteiger partial charge on any atom is -0.472 e. The summed E-state index contributed by atoms with van der Waals surface area (Å²) in [6, 6.07) is 2.54. The summed E-state index contributed by atoms with van der Waals surface area (Å²) in [5, 5.41) is 3.73. The molecule has 1 atom stereocenters. The Morgan fingerprint density at radius 2 is 1.80 bits per heavy atom. The average molecular weight is 280 g/mol. The summed E-state index contributed by atoms with van der Waals surface area (Å²) < 4.78 is 5.25. The van der Waals surface area contributed by atoms with Gasteiger partial charge < -0.3 is 9.73 Å². The first-order chi connectivity index (χ1) is 9.68. The van der Waals surface area contributed by atoms with Gasteiger partial charge in [-0.3, -0.25) is 4.90 Å². The average Bonchev–Trinajstić information content (AvgIpc) is 2.97. The summed E-state index contributed by atoms with van der Waals surface area (Å²) in [6.07, 6.45) is 7.02. The molecule has 0 aliphatic carbocycles. The Balaban J connectivity index is 3.03. The number of nitrogens with zero attached hydrogens (tertiary/aromatic N) is 1. The molecule has 1 aromatic rings. The fourth-order valence-electron chi connectivity index (χ4n) is 3.61. The van der Waals surface area contributed by atoms with E-state index in [-0.39, 0.29) is 5.54 Å². The molecule has 1 heterocycles. The molecule has 0 saturated heterocycles. The van der Waals surface area contributed by atoms with Crippen LogP contribution < -0.4 is 5.32 Å². The fraction of sp³-hybridized carbons (Fsp3) is 0.765. The van der Waals surface area contributed by atoms with E-state index in [0.29, 0.717) is 6.04 Å². The summed E-state index contributed by atoms with van der Waals surface area (Å²) in [5.74, 6) is 0. The van der Waals surface area contributed by atoms with Crippen LogP contribution in [0.25, 0.3) is 0 Å². The van der Waals surface area contributed by atoms with E-state index in [0.717, 1.165) is 26.1 Å². The second-order valence-corrected chi connectivity index (χ2v) is 5.43. The molecular formula is C17H32N2O. The van der Waals surface area contributed by atoms with E-state index < -0.39 is 0 Å². The standard InChI is InChI=1S/C17H32N2O/c1-6-17(7-2,19(9-4)10-5)16(18-8-3)13-15-11-12-20-14-15/h11-12,14,16,18H,6-10,13H2,1-5H3. The lowest BCUT2D eigenvalue weighted by Crippen LogP contribution is -2.61. The van der Waals surface area contributed by atoms with Crippen LogP contribution in [0.5, 0.6) is 0 Å². The highest BCUT2D eigenvalue weighted by molar-refractivity contribution is 5.12. The topological polar surface area (TPSA) is 28.4 Å². The van der Waals surface area contributed by atoms with Gasteiger partial charge in [0.25, 0.3) is 0 Å². The Bertz CT molecular complexity index is 340. The molecule has 0 aromatic carbocycles. The first kappa shape index (κ1) is 17.3. The monoisotopic (exact) mass is 280 g/mol. The summed E-state index contributed by atoms with van der Waals surface area (Å²) in [4.78, 5) is 2.63. The van der Waals surface area contributed by atoms with Crippen LogP contribution in [0.3, 0.4) is 0 Å². The van der Waals surface area contributed by atoms with Crippen molar-refractivity contribution < 1.29 is 4.42 Å². The Kier molecular flexibility index (Phi) is 7.31. The van der Waals surface area contributed by atoms with Crippen molar-refractivity contribution >= 4 is 0 Å². The van der Waals surface area contributed by atoms with Crippen molar-refractivity contribution in [3.05, 3.63) is 24.2 Å². The van der Waals surface area contributed by atoms with Crippen molar-refractivity contribution in [1.29, 1.82) is 0 Å². The van der Waals surface area contributed by atoms with Crippen molar-refractivity contribution in [2.45, 2.75) is 65.5 Å². The molecule has 20 heavy (non-hydrogen) atoms. The van der Waals surface area contributed by atoms with Crippen molar-refractivity contribution in [3.8, 4) is 0 Å². The van der Waals surface area contributed by atoms with E-state index in [9.17, 15) is 0 Å². The van der Waals surface area contributed by atoms with Crippen LogP contribution in [-0.4, -0.2) is 36.1 Å². The van der Waals surface area contributed by atoms with E-state index in [2.05, 4.69) is 50.9 Å². The zero-order chi connectivity index (χ0) is 15.0. The predicted octanol–water partition coefficient (Wildman–Crippen LogP) is 3.70. The molecule has 0 fully saturated rings. The van der Waals surface area contributed by atoms with Gasteiger partial charge in [-0.25, -0.2) is 0 Å². The molecular weight excluding hydrogens is 248 g/mol. The maximum atomic E-state index is 5.25. The lowest BCUT2D eigenvalue weighted by molar-refractivity contribution is 0.0497. The van der Waals surface area contributed by atoms with Crippen molar-refractivity contribution in [1.82, 2.24) is 10.2 Å². The van der Waals surface area contributed by atoms with Gasteiger partial charge in [0.2, 0.25) is 0 Å². The van der Waals surface area contributed by atoms with Crippen LogP contribution >= 0.6 is 0 Å². The third-order valence-corrected chi connectivity index (χ3v) is 4.74. The summed E-state index contributed by atoms with van der Waals surface area (Å²) >= 11 is 0. The summed E-state index contributed by atoms with van der Waals surface area (Å²) in [7, 11) is 0. The molecule has 0 saturated carbocycles. The Morgan fingerprint density at radius 1 is 1.15 bits per heavy atom. The van der Waals surface area contributed by atoms with Crippen LogP contribution in [0.4, 0.5) is 0 Å². The molecule has 3 nitrogen and oxygen atoms in total. The van der Waals surface area contributed by atoms with E-state index in [1.807, 2.05) is 6.26 Å². The second kappa shape index (κ2) is 8.48. The quantitative estimate of drug-likeness (QED) is 0.708. The number of rotatable bonds is 10. The molecule has 116 valence electrons. The lowest BCUT2D eigenvalue weighted by atomic mass is 9.79. The third-order valence-electron chi connectivity index (χ3n) is 4.74. The van der Waals surface area contributed by atoms with Crippen LogP contribution in [0, 0.1) is 0 Å². The Labute approximate surface area is 124 Å². The molecule has 1 unspecified atom stereocenters. The SMILES string of the molecule is CCNC(Cc1ccoc1)C(CC)(CC)N(CC)CC. The molecule has 0 spiro atoms. The summed E-state index contributed by atoms with van der Waals surface area (Å²) in [6.45, 7) is 14.6. The largest absolute Gasteiger partial charge is 0.472 e. The van der Waals surface area contributed by atoms with Gasteiger partial charge in [0.15, 0.2) is 0 Å². The van der Waals surface area contributed by atoms with E-state index in [4.69, 9.17) is 4.42 Å². The van der Waals surface area contributed by atoms with Gasteiger partial charge in [-0.2, -0.15) is 0 Å². The van der Waals surface area contributed by atoms with Crippen molar-refractivity contribution in [2.24, 2.45) is 0 Å². The molecule has 1 aromatic heterocycles. The number of nitrogens with one attached hydrogen (secondary N) is 1. The van der Waals surface area contributed by atoms with Crippen LogP contribution in [0.1, 0.15) is 53.0 Å². The highest BCUT2D eigenvalue weighted by atomic mass is 16.3. The summed E-state index contributed by atoms with van der Waals surface area (Å²) in [5.41, 5.74) is 1.51. The molecule has 0 aliphatic rings.